The van der Waals surface area contributed by atoms with Gasteiger partial charge in [0.05, 0.1) is 56.7 Å². The highest BCUT2D eigenvalue weighted by Crippen LogP contribution is 2.34. The van der Waals surface area contributed by atoms with Gasteiger partial charge in [-0.3, -0.25) is 0 Å². The zero-order chi connectivity index (χ0) is 50.1. The molecule has 68 heavy (non-hydrogen) atoms. The number of ether oxygens (including phenoxy) is 8. The van der Waals surface area contributed by atoms with Gasteiger partial charge in [0.1, 0.15) is 114 Å². The lowest BCUT2D eigenvalue weighted by Gasteiger charge is -2.46. The lowest BCUT2D eigenvalue weighted by Crippen LogP contribution is -2.64. The highest BCUT2D eigenvalue weighted by Gasteiger charge is 2.51. The summed E-state index contributed by atoms with van der Waals surface area (Å²) in [7, 11) is 0. The molecule has 4 heterocycles. The Kier molecular flexibility index (Phi) is 27.1. The number of thiocarbonyl (C=S) groups is 1. The summed E-state index contributed by atoms with van der Waals surface area (Å²) in [5.74, 6) is 1.23. The van der Waals surface area contributed by atoms with Crippen LogP contribution in [0.25, 0.3) is 0 Å². The maximum Gasteiger partial charge on any atom is 0.187 e. The number of hydrogen-bond donors (Lipinski definition) is 16. The van der Waals surface area contributed by atoms with Crippen LogP contribution in [0.1, 0.15) is 26.2 Å². The standard InChI is InChI=1S/C40H73NO23S4/c1-19(65)41-15-40(16-57-5-2-8-66-37-32(54)28(50)25(47)21(12-43)61-37,17-58-6-3-9-67-38-33(55)29(51)26(48)22(13-44)62-38)18-59-7-4-10-68-39-34(56)30(52)35(23(14-45)63-39)64-36-31(53)27(49)24(46)20(11-42)60-36/h20-39,42-56H,2-18H2,1H3,(H,41,65)/t20?,21?,22?,23?,24-,25+,26+,27?,28?,29?,30?,31?,32?,33?,34?,35+,36-,37+,38+,39-,40?/m0/s1. The molecule has 16 N–H and O–H groups in total. The van der Waals surface area contributed by atoms with E-state index in [1.807, 2.05) is 0 Å². The third-order valence-electron chi connectivity index (χ3n) is 11.7. The van der Waals surface area contributed by atoms with E-state index >= 15 is 0 Å². The minimum Gasteiger partial charge on any atom is -0.394 e. The second-order valence-electron chi connectivity index (χ2n) is 17.1. The smallest absolute Gasteiger partial charge is 0.187 e. The van der Waals surface area contributed by atoms with Crippen LogP contribution in [0.5, 0.6) is 0 Å². The van der Waals surface area contributed by atoms with Gasteiger partial charge in [0.25, 0.3) is 0 Å². The van der Waals surface area contributed by atoms with E-state index in [0.717, 1.165) is 11.8 Å². The van der Waals surface area contributed by atoms with Gasteiger partial charge in [-0.05, 0) is 43.4 Å². The van der Waals surface area contributed by atoms with Crippen LogP contribution in [0.3, 0.4) is 0 Å². The van der Waals surface area contributed by atoms with Gasteiger partial charge in [-0.25, -0.2) is 0 Å². The van der Waals surface area contributed by atoms with E-state index in [9.17, 15) is 76.6 Å². The first-order valence-electron chi connectivity index (χ1n) is 22.5. The normalized spacial score (nSPS) is 39.9. The van der Waals surface area contributed by atoms with Gasteiger partial charge in [-0.15, -0.1) is 35.3 Å². The topological polar surface area (TPSA) is 389 Å². The Balaban J connectivity index is 1.30. The molecule has 0 bridgehead atoms. The van der Waals surface area contributed by atoms with Gasteiger partial charge in [0.2, 0.25) is 0 Å². The molecule has 4 aliphatic rings. The summed E-state index contributed by atoms with van der Waals surface area (Å²) in [6.45, 7) is 0.674. The van der Waals surface area contributed by atoms with Gasteiger partial charge in [0, 0.05) is 26.4 Å². The molecule has 0 radical (unpaired) electrons. The van der Waals surface area contributed by atoms with Crippen LogP contribution >= 0.6 is 47.5 Å². The van der Waals surface area contributed by atoms with Gasteiger partial charge in [0.15, 0.2) is 6.29 Å². The van der Waals surface area contributed by atoms with Crippen molar-refractivity contribution < 1.29 is 114 Å². The average Bonchev–Trinajstić information content (AvgIpc) is 3.33. The number of nitrogens with one attached hydrogen (secondary N) is 1. The number of hydrogen-bond acceptors (Lipinski definition) is 27. The Morgan fingerprint density at radius 3 is 1.22 bits per heavy atom. The van der Waals surface area contributed by atoms with Crippen LogP contribution < -0.4 is 5.32 Å². The first-order valence-corrected chi connectivity index (χ1v) is 26.0. The van der Waals surface area contributed by atoms with Crippen LogP contribution in [-0.4, -0.2) is 292 Å². The highest BCUT2D eigenvalue weighted by atomic mass is 32.2. The summed E-state index contributed by atoms with van der Waals surface area (Å²) in [5, 5.41) is 156. The van der Waals surface area contributed by atoms with Crippen molar-refractivity contribution in [2.75, 3.05) is 89.9 Å². The first-order chi connectivity index (χ1) is 32.4. The SMILES string of the molecule is CC(=S)NCC(COCCCS[C@H]1OC(CO)[C@@H](O)C(O)C1O)(COCCCS[C@H]1OC(CO)[C@@H](O)C(O)C1O)COCCCS[C@@H]1OC(CO)[C@@H](O[C@@H]2OC(CO)[C@H](O)C(O)C2O)C(O)C1O. The Morgan fingerprint density at radius 1 is 0.485 bits per heavy atom. The average molecular weight is 1060 g/mol. The molecule has 4 aliphatic heterocycles. The second kappa shape index (κ2) is 30.4. The van der Waals surface area contributed by atoms with E-state index in [-0.39, 0.29) is 46.2 Å². The Bertz CT molecular complexity index is 1370. The molecule has 0 aromatic carbocycles. The van der Waals surface area contributed by atoms with Crippen LogP contribution in [-0.2, 0) is 37.9 Å². The molecule has 0 aromatic heterocycles. The molecule has 4 rings (SSSR count). The van der Waals surface area contributed by atoms with Crippen molar-refractivity contribution >= 4 is 52.5 Å². The monoisotopic (exact) mass is 1060 g/mol. The minimum absolute atomic E-state index is 0.122. The van der Waals surface area contributed by atoms with E-state index in [1.165, 1.54) is 23.5 Å². The van der Waals surface area contributed by atoms with Crippen LogP contribution in [0.4, 0.5) is 0 Å². The van der Waals surface area contributed by atoms with E-state index < -0.39 is 152 Å². The Labute approximate surface area is 412 Å². The summed E-state index contributed by atoms with van der Waals surface area (Å²) < 4.78 is 46.5. The van der Waals surface area contributed by atoms with Crippen molar-refractivity contribution in [3.8, 4) is 0 Å². The van der Waals surface area contributed by atoms with Crippen molar-refractivity contribution in [1.29, 1.82) is 0 Å². The molecular formula is C40H73NO23S4. The highest BCUT2D eigenvalue weighted by molar-refractivity contribution is 8.00. The first kappa shape index (κ1) is 60.6. The van der Waals surface area contributed by atoms with Crippen molar-refractivity contribution in [2.45, 2.75) is 146 Å². The summed E-state index contributed by atoms with van der Waals surface area (Å²) in [4.78, 5) is 0.507. The third kappa shape index (κ3) is 17.0. The Hall–Kier alpha value is 0.0200. The number of thioether (sulfide) groups is 3. The molecule has 28 heteroatoms. The van der Waals surface area contributed by atoms with Crippen LogP contribution in [0, 0.1) is 5.41 Å². The van der Waals surface area contributed by atoms with E-state index in [2.05, 4.69) is 5.32 Å². The van der Waals surface area contributed by atoms with Crippen LogP contribution in [0.15, 0.2) is 0 Å². The molecule has 0 aromatic rings. The van der Waals surface area contributed by atoms with E-state index in [1.54, 1.807) is 6.92 Å². The van der Waals surface area contributed by atoms with Crippen LogP contribution in [0.2, 0.25) is 0 Å². The van der Waals surface area contributed by atoms with Crippen molar-refractivity contribution in [3.05, 3.63) is 0 Å². The lowest BCUT2D eigenvalue weighted by atomic mass is 9.90. The van der Waals surface area contributed by atoms with E-state index in [0.29, 0.717) is 41.5 Å². The number of rotatable bonds is 29. The molecule has 0 aliphatic carbocycles. The molecule has 0 amide bonds. The summed E-state index contributed by atoms with van der Waals surface area (Å²) in [5.41, 5.74) is -3.60. The second-order valence-corrected chi connectivity index (χ2v) is 21.4. The molecular weight excluding hydrogens is 991 g/mol. The quantitative estimate of drug-likeness (QED) is 0.0245. The van der Waals surface area contributed by atoms with Gasteiger partial charge in [-0.2, -0.15) is 0 Å². The predicted molar refractivity (Wildman–Crippen MR) is 246 cm³/mol. The maximum absolute atomic E-state index is 11.0. The fraction of sp³-hybridized carbons (Fsp3) is 0.975. The fourth-order valence-electron chi connectivity index (χ4n) is 7.64. The lowest BCUT2D eigenvalue weighted by molar-refractivity contribution is -0.338. The molecule has 0 saturated carbocycles. The third-order valence-corrected chi connectivity index (χ3v) is 15.6. The van der Waals surface area contributed by atoms with Crippen molar-refractivity contribution in [2.24, 2.45) is 5.41 Å². The predicted octanol–water partition coefficient (Wildman–Crippen LogP) is -6.45. The largest absolute Gasteiger partial charge is 0.394 e. The molecule has 20 atom stereocenters. The Morgan fingerprint density at radius 2 is 0.838 bits per heavy atom. The molecule has 4 fully saturated rings. The molecule has 12 unspecified atom stereocenters. The molecule has 4 saturated heterocycles. The summed E-state index contributed by atoms with van der Waals surface area (Å²) in [6, 6.07) is 0. The van der Waals surface area contributed by atoms with Crippen molar-refractivity contribution in [3.63, 3.8) is 0 Å². The fourth-order valence-corrected chi connectivity index (χ4v) is 11.0. The van der Waals surface area contributed by atoms with E-state index in [4.69, 9.17) is 50.1 Å². The summed E-state index contributed by atoms with van der Waals surface area (Å²) >= 11 is 8.88. The molecule has 24 nitrogen and oxygen atoms in total. The number of aliphatic hydroxyl groups is 15. The minimum atomic E-state index is -1.79. The molecule has 400 valence electrons. The van der Waals surface area contributed by atoms with Gasteiger partial charge < -0.3 is 120 Å². The zero-order valence-electron chi connectivity index (χ0n) is 37.7. The number of aliphatic hydroxyl groups excluding tert-OH is 15. The van der Waals surface area contributed by atoms with Crippen molar-refractivity contribution in [1.82, 2.24) is 5.32 Å². The maximum atomic E-state index is 11.0. The van der Waals surface area contributed by atoms with Gasteiger partial charge >= 0.3 is 0 Å². The zero-order valence-corrected chi connectivity index (χ0v) is 40.9. The summed E-state index contributed by atoms with van der Waals surface area (Å²) in [6.07, 6.45) is -23.2. The molecule has 0 spiro atoms. The van der Waals surface area contributed by atoms with Gasteiger partial charge in [-0.1, -0.05) is 12.2 Å².